The Hall–Kier alpha value is -3.57. The van der Waals surface area contributed by atoms with Crippen LogP contribution in [0.1, 0.15) is 23.6 Å². The first-order chi connectivity index (χ1) is 15.4. The number of benzene rings is 3. The number of halogens is 1. The Morgan fingerprint density at radius 2 is 1.59 bits per heavy atom. The van der Waals surface area contributed by atoms with Gasteiger partial charge in [-0.25, -0.2) is 4.90 Å². The summed E-state index contributed by atoms with van der Waals surface area (Å²) in [4.78, 5) is 28.2. The molecule has 32 heavy (non-hydrogen) atoms. The number of amides is 2. The van der Waals surface area contributed by atoms with Crippen LogP contribution in [0.15, 0.2) is 72.4 Å². The van der Waals surface area contributed by atoms with Crippen molar-refractivity contribution in [3.8, 4) is 5.75 Å². The summed E-state index contributed by atoms with van der Waals surface area (Å²) in [6.45, 7) is 6.30. The lowest BCUT2D eigenvalue weighted by molar-refractivity contribution is -0.120. The van der Waals surface area contributed by atoms with Gasteiger partial charge in [-0.05, 0) is 74.4 Å². The fraction of sp³-hybridized carbons (Fsp3) is 0.154. The van der Waals surface area contributed by atoms with Crippen molar-refractivity contribution in [1.82, 2.24) is 0 Å². The number of carbonyl (C=O) groups excluding carboxylic acids is 2. The van der Waals surface area contributed by atoms with E-state index in [0.29, 0.717) is 39.9 Å². The number of rotatable bonds is 6. The van der Waals surface area contributed by atoms with Crippen LogP contribution in [-0.2, 0) is 9.59 Å². The van der Waals surface area contributed by atoms with E-state index >= 15 is 0 Å². The van der Waals surface area contributed by atoms with Crippen LogP contribution in [0.2, 0.25) is 5.02 Å². The standard InChI is InChI=1S/C26H23ClN2O3/c1-4-32-21-12-10-20(11-13-21)29-25(30)23(18-7-5-16(2)6-8-18)24(26(29)31)28-22-14-9-19(27)15-17(22)3/h5-15,28H,4H2,1-3H3. The third-order valence-corrected chi connectivity index (χ3v) is 5.51. The number of anilines is 2. The van der Waals surface area contributed by atoms with Crippen LogP contribution in [0.4, 0.5) is 11.4 Å². The summed E-state index contributed by atoms with van der Waals surface area (Å²) in [5.41, 5.74) is 4.37. The Labute approximate surface area is 192 Å². The van der Waals surface area contributed by atoms with Gasteiger partial charge in [-0.2, -0.15) is 0 Å². The van der Waals surface area contributed by atoms with Crippen molar-refractivity contribution in [3.63, 3.8) is 0 Å². The zero-order chi connectivity index (χ0) is 22.8. The Morgan fingerprint density at radius 3 is 2.22 bits per heavy atom. The van der Waals surface area contributed by atoms with Gasteiger partial charge in [0.1, 0.15) is 11.4 Å². The van der Waals surface area contributed by atoms with Crippen LogP contribution < -0.4 is 15.0 Å². The van der Waals surface area contributed by atoms with E-state index in [4.69, 9.17) is 16.3 Å². The molecule has 0 saturated carbocycles. The average Bonchev–Trinajstić information content (AvgIpc) is 3.01. The zero-order valence-electron chi connectivity index (χ0n) is 18.1. The first-order valence-corrected chi connectivity index (χ1v) is 10.7. The fourth-order valence-electron chi connectivity index (χ4n) is 3.63. The van der Waals surface area contributed by atoms with E-state index in [-0.39, 0.29) is 11.6 Å². The monoisotopic (exact) mass is 446 g/mol. The van der Waals surface area contributed by atoms with Crippen molar-refractivity contribution >= 4 is 40.4 Å². The SMILES string of the molecule is CCOc1ccc(N2C(=O)C(Nc3ccc(Cl)cc3C)=C(c3ccc(C)cc3)C2=O)cc1. The van der Waals surface area contributed by atoms with Crippen molar-refractivity contribution in [2.45, 2.75) is 20.8 Å². The molecule has 1 heterocycles. The second kappa shape index (κ2) is 8.89. The largest absolute Gasteiger partial charge is 0.494 e. The molecule has 3 aromatic rings. The molecule has 0 radical (unpaired) electrons. The molecule has 0 bridgehead atoms. The molecule has 1 aliphatic heterocycles. The Kier molecular flexibility index (Phi) is 6.01. The van der Waals surface area contributed by atoms with Gasteiger partial charge in [-0.1, -0.05) is 41.4 Å². The quantitative estimate of drug-likeness (QED) is 0.489. The van der Waals surface area contributed by atoms with Gasteiger partial charge in [-0.15, -0.1) is 0 Å². The third kappa shape index (κ3) is 4.12. The molecule has 3 aromatic carbocycles. The summed E-state index contributed by atoms with van der Waals surface area (Å²) in [6, 6.07) is 19.8. The van der Waals surface area contributed by atoms with Crippen LogP contribution in [-0.4, -0.2) is 18.4 Å². The number of imide groups is 1. The highest BCUT2D eigenvalue weighted by atomic mass is 35.5. The molecule has 0 saturated heterocycles. The highest BCUT2D eigenvalue weighted by Gasteiger charge is 2.40. The molecule has 162 valence electrons. The van der Waals surface area contributed by atoms with Crippen molar-refractivity contribution in [1.29, 1.82) is 0 Å². The second-order valence-corrected chi connectivity index (χ2v) is 8.01. The number of hydrogen-bond donors (Lipinski definition) is 1. The minimum atomic E-state index is -0.413. The second-order valence-electron chi connectivity index (χ2n) is 7.57. The molecular weight excluding hydrogens is 424 g/mol. The number of carbonyl (C=O) groups is 2. The first kappa shape index (κ1) is 21.7. The number of aryl methyl sites for hydroxylation is 2. The lowest BCUT2D eigenvalue weighted by Gasteiger charge is -2.16. The Balaban J connectivity index is 1.78. The molecule has 1 aliphatic rings. The lowest BCUT2D eigenvalue weighted by atomic mass is 10.0. The van der Waals surface area contributed by atoms with Gasteiger partial charge in [0.25, 0.3) is 11.8 Å². The molecule has 0 spiro atoms. The van der Waals surface area contributed by atoms with E-state index in [2.05, 4.69) is 5.32 Å². The van der Waals surface area contributed by atoms with Gasteiger partial charge in [-0.3, -0.25) is 9.59 Å². The van der Waals surface area contributed by atoms with E-state index in [1.54, 1.807) is 36.4 Å². The van der Waals surface area contributed by atoms with Crippen LogP contribution in [0, 0.1) is 13.8 Å². The summed E-state index contributed by atoms with van der Waals surface area (Å²) >= 11 is 6.08. The molecule has 0 atom stereocenters. The smallest absolute Gasteiger partial charge is 0.282 e. The minimum absolute atomic E-state index is 0.234. The molecule has 2 amide bonds. The molecule has 5 nitrogen and oxygen atoms in total. The first-order valence-electron chi connectivity index (χ1n) is 10.3. The number of nitrogens with one attached hydrogen (secondary N) is 1. The van der Waals surface area contributed by atoms with Gasteiger partial charge in [0.2, 0.25) is 0 Å². The van der Waals surface area contributed by atoms with Crippen LogP contribution in [0.3, 0.4) is 0 Å². The summed E-state index contributed by atoms with van der Waals surface area (Å²) in [7, 11) is 0. The summed E-state index contributed by atoms with van der Waals surface area (Å²) < 4.78 is 5.48. The van der Waals surface area contributed by atoms with Crippen LogP contribution in [0.5, 0.6) is 5.75 Å². The molecule has 4 rings (SSSR count). The molecule has 0 fully saturated rings. The summed E-state index contributed by atoms with van der Waals surface area (Å²) in [5, 5.41) is 3.80. The van der Waals surface area contributed by atoms with Gasteiger partial charge in [0.15, 0.2) is 0 Å². The van der Waals surface area contributed by atoms with Crippen molar-refractivity contribution in [2.24, 2.45) is 0 Å². The van der Waals surface area contributed by atoms with Gasteiger partial charge < -0.3 is 10.1 Å². The normalized spacial score (nSPS) is 13.7. The minimum Gasteiger partial charge on any atom is -0.494 e. The predicted octanol–water partition coefficient (Wildman–Crippen LogP) is 5.75. The fourth-order valence-corrected chi connectivity index (χ4v) is 3.85. The zero-order valence-corrected chi connectivity index (χ0v) is 18.9. The van der Waals surface area contributed by atoms with Crippen molar-refractivity contribution in [3.05, 3.63) is 94.1 Å². The van der Waals surface area contributed by atoms with Crippen LogP contribution >= 0.6 is 11.6 Å². The lowest BCUT2D eigenvalue weighted by Crippen LogP contribution is -2.32. The van der Waals surface area contributed by atoms with Gasteiger partial charge in [0.05, 0.1) is 17.9 Å². The van der Waals surface area contributed by atoms with Gasteiger partial charge in [0, 0.05) is 10.7 Å². The summed E-state index contributed by atoms with van der Waals surface area (Å²) in [6.07, 6.45) is 0. The Bertz CT molecular complexity index is 1210. The average molecular weight is 447 g/mol. The maximum absolute atomic E-state index is 13.5. The van der Waals surface area contributed by atoms with E-state index < -0.39 is 5.91 Å². The molecule has 1 N–H and O–H groups in total. The highest BCUT2D eigenvalue weighted by molar-refractivity contribution is 6.46. The number of ether oxygens (including phenoxy) is 1. The van der Waals surface area contributed by atoms with Gasteiger partial charge >= 0.3 is 0 Å². The molecule has 0 unspecified atom stereocenters. The van der Waals surface area contributed by atoms with E-state index in [1.807, 2.05) is 51.1 Å². The third-order valence-electron chi connectivity index (χ3n) is 5.28. The highest BCUT2D eigenvalue weighted by Crippen LogP contribution is 2.35. The number of nitrogens with zero attached hydrogens (tertiary/aromatic N) is 1. The number of hydrogen-bond acceptors (Lipinski definition) is 4. The molecular formula is C26H23ClN2O3. The topological polar surface area (TPSA) is 58.6 Å². The van der Waals surface area contributed by atoms with E-state index in [1.165, 1.54) is 4.90 Å². The molecule has 0 aromatic heterocycles. The molecule has 0 aliphatic carbocycles. The van der Waals surface area contributed by atoms with Crippen LogP contribution in [0.25, 0.3) is 5.57 Å². The maximum Gasteiger partial charge on any atom is 0.282 e. The molecule has 6 heteroatoms. The Morgan fingerprint density at radius 1 is 0.906 bits per heavy atom. The van der Waals surface area contributed by atoms with E-state index in [9.17, 15) is 9.59 Å². The van der Waals surface area contributed by atoms with Crippen molar-refractivity contribution < 1.29 is 14.3 Å². The summed E-state index contributed by atoms with van der Waals surface area (Å²) in [5.74, 6) is -0.113. The van der Waals surface area contributed by atoms with Crippen molar-refractivity contribution in [2.75, 3.05) is 16.8 Å². The van der Waals surface area contributed by atoms with E-state index in [0.717, 1.165) is 11.1 Å². The predicted molar refractivity (Wildman–Crippen MR) is 128 cm³/mol. The maximum atomic E-state index is 13.5.